The molecule has 0 aromatic carbocycles. The third-order valence-electron chi connectivity index (χ3n) is 5.78. The SMILES string of the molecule is CN(C)CC(=O)N[C@H]1COC2(CCN(C(=O)c3ccc(N)nc3)CC2)C[C@]1(C)O. The zero-order valence-electron chi connectivity index (χ0n) is 17.4. The summed E-state index contributed by atoms with van der Waals surface area (Å²) in [6.45, 7) is 3.33. The monoisotopic (exact) mass is 405 g/mol. The lowest BCUT2D eigenvalue weighted by atomic mass is 9.75. The summed E-state index contributed by atoms with van der Waals surface area (Å²) in [5.41, 5.74) is 4.53. The van der Waals surface area contributed by atoms with E-state index in [1.807, 2.05) is 14.1 Å². The molecule has 3 heterocycles. The molecule has 0 bridgehead atoms. The molecule has 9 heteroatoms. The summed E-state index contributed by atoms with van der Waals surface area (Å²) in [6.07, 6.45) is 3.18. The maximum absolute atomic E-state index is 12.7. The van der Waals surface area contributed by atoms with E-state index in [-0.39, 0.29) is 25.0 Å². The van der Waals surface area contributed by atoms with Crippen LogP contribution in [0.3, 0.4) is 0 Å². The second-order valence-corrected chi connectivity index (χ2v) is 8.65. The van der Waals surface area contributed by atoms with Crippen LogP contribution in [0.2, 0.25) is 0 Å². The summed E-state index contributed by atoms with van der Waals surface area (Å²) in [7, 11) is 3.64. The Hall–Kier alpha value is -2.23. The van der Waals surface area contributed by atoms with Gasteiger partial charge in [-0.1, -0.05) is 0 Å². The first kappa shape index (κ1) is 21.5. The minimum atomic E-state index is -1.08. The lowest BCUT2D eigenvalue weighted by molar-refractivity contribution is -0.187. The Bertz CT molecular complexity index is 742. The molecular weight excluding hydrogens is 374 g/mol. The molecule has 0 aliphatic carbocycles. The highest BCUT2D eigenvalue weighted by Crippen LogP contribution is 2.39. The molecule has 2 atom stereocenters. The van der Waals surface area contributed by atoms with Crippen molar-refractivity contribution in [2.45, 2.75) is 43.4 Å². The summed E-state index contributed by atoms with van der Waals surface area (Å²) in [5.74, 6) is 0.158. The van der Waals surface area contributed by atoms with Gasteiger partial charge in [0.2, 0.25) is 5.91 Å². The van der Waals surface area contributed by atoms with Gasteiger partial charge in [-0.2, -0.15) is 0 Å². The number of likely N-dealkylation sites (N-methyl/N-ethyl adjacent to an activating group) is 1. The summed E-state index contributed by atoms with van der Waals surface area (Å²) < 4.78 is 6.15. The lowest BCUT2D eigenvalue weighted by Crippen LogP contribution is -2.64. The quantitative estimate of drug-likeness (QED) is 0.637. The average Bonchev–Trinajstić information content (AvgIpc) is 2.64. The Kier molecular flexibility index (Phi) is 6.11. The Labute approximate surface area is 171 Å². The molecule has 1 aromatic heterocycles. The maximum atomic E-state index is 12.7. The van der Waals surface area contributed by atoms with Crippen LogP contribution in [0.25, 0.3) is 0 Å². The van der Waals surface area contributed by atoms with Gasteiger partial charge >= 0.3 is 0 Å². The van der Waals surface area contributed by atoms with Crippen molar-refractivity contribution in [2.24, 2.45) is 0 Å². The molecule has 2 saturated heterocycles. The van der Waals surface area contributed by atoms with E-state index in [0.717, 1.165) is 0 Å². The van der Waals surface area contributed by atoms with E-state index in [1.165, 1.54) is 6.20 Å². The van der Waals surface area contributed by atoms with Gasteiger partial charge in [0.1, 0.15) is 5.82 Å². The summed E-state index contributed by atoms with van der Waals surface area (Å²) in [6, 6.07) is 2.84. The molecule has 9 nitrogen and oxygen atoms in total. The van der Waals surface area contributed by atoms with Gasteiger partial charge in [0.25, 0.3) is 5.91 Å². The van der Waals surface area contributed by atoms with E-state index in [0.29, 0.717) is 43.7 Å². The van der Waals surface area contributed by atoms with E-state index >= 15 is 0 Å². The Morgan fingerprint density at radius 2 is 2.07 bits per heavy atom. The highest BCUT2D eigenvalue weighted by molar-refractivity contribution is 5.94. The van der Waals surface area contributed by atoms with Crippen LogP contribution in [0, 0.1) is 0 Å². The second-order valence-electron chi connectivity index (χ2n) is 8.65. The smallest absolute Gasteiger partial charge is 0.255 e. The molecule has 0 saturated carbocycles. The highest BCUT2D eigenvalue weighted by atomic mass is 16.5. The van der Waals surface area contributed by atoms with Crippen LogP contribution in [0.1, 0.15) is 36.5 Å². The molecule has 3 rings (SSSR count). The molecule has 4 N–H and O–H groups in total. The molecule has 2 aliphatic heterocycles. The van der Waals surface area contributed by atoms with Crippen LogP contribution in [-0.4, -0.2) is 89.3 Å². The Balaban J connectivity index is 1.58. The summed E-state index contributed by atoms with van der Waals surface area (Å²) in [4.78, 5) is 32.3. The molecule has 160 valence electrons. The fourth-order valence-electron chi connectivity index (χ4n) is 4.14. The van der Waals surface area contributed by atoms with Crippen molar-refractivity contribution in [1.82, 2.24) is 20.1 Å². The third kappa shape index (κ3) is 5.04. The van der Waals surface area contributed by atoms with Crippen molar-refractivity contribution >= 4 is 17.6 Å². The number of pyridine rings is 1. The summed E-state index contributed by atoms with van der Waals surface area (Å²) >= 11 is 0. The fourth-order valence-corrected chi connectivity index (χ4v) is 4.14. The molecule has 2 amide bonds. The number of aliphatic hydroxyl groups is 1. The van der Waals surface area contributed by atoms with Crippen molar-refractivity contribution in [3.05, 3.63) is 23.9 Å². The molecule has 1 aromatic rings. The number of rotatable bonds is 4. The number of piperidine rings is 1. The van der Waals surface area contributed by atoms with Gasteiger partial charge in [0.15, 0.2) is 0 Å². The van der Waals surface area contributed by atoms with Crippen molar-refractivity contribution in [3.63, 3.8) is 0 Å². The van der Waals surface area contributed by atoms with Gasteiger partial charge in [-0.15, -0.1) is 0 Å². The van der Waals surface area contributed by atoms with Gasteiger partial charge in [0, 0.05) is 25.7 Å². The number of nitrogens with one attached hydrogen (secondary N) is 1. The Morgan fingerprint density at radius 1 is 1.38 bits per heavy atom. The third-order valence-corrected chi connectivity index (χ3v) is 5.78. The van der Waals surface area contributed by atoms with Crippen molar-refractivity contribution in [3.8, 4) is 0 Å². The van der Waals surface area contributed by atoms with Gasteiger partial charge in [-0.3, -0.25) is 9.59 Å². The minimum absolute atomic E-state index is 0.0799. The molecule has 2 fully saturated rings. The van der Waals surface area contributed by atoms with E-state index in [4.69, 9.17) is 10.5 Å². The van der Waals surface area contributed by atoms with Crippen LogP contribution >= 0.6 is 0 Å². The van der Waals surface area contributed by atoms with Crippen LogP contribution in [0.4, 0.5) is 5.82 Å². The number of carbonyl (C=O) groups excluding carboxylic acids is 2. The largest absolute Gasteiger partial charge is 0.388 e. The molecule has 0 radical (unpaired) electrons. The number of nitrogen functional groups attached to an aromatic ring is 1. The minimum Gasteiger partial charge on any atom is -0.388 e. The predicted octanol–water partition coefficient (Wildman–Crippen LogP) is -0.144. The van der Waals surface area contributed by atoms with E-state index in [1.54, 1.807) is 28.9 Å². The van der Waals surface area contributed by atoms with Gasteiger partial charge in [0.05, 0.1) is 36.0 Å². The number of likely N-dealkylation sites (tertiary alicyclic amines) is 1. The lowest BCUT2D eigenvalue weighted by Gasteiger charge is -2.51. The molecular formula is C20H31N5O4. The average molecular weight is 405 g/mol. The first-order valence-corrected chi connectivity index (χ1v) is 9.91. The van der Waals surface area contributed by atoms with Crippen LogP contribution in [-0.2, 0) is 9.53 Å². The van der Waals surface area contributed by atoms with Crippen molar-refractivity contribution < 1.29 is 19.4 Å². The van der Waals surface area contributed by atoms with E-state index in [2.05, 4.69) is 10.3 Å². The molecule has 0 unspecified atom stereocenters. The molecule has 1 spiro atoms. The topological polar surface area (TPSA) is 121 Å². The molecule has 2 aliphatic rings. The standard InChI is InChI=1S/C20H31N5O4/c1-19(28)13-20(29-12-15(19)23-17(26)11-24(2)3)6-8-25(9-7-20)18(27)14-4-5-16(21)22-10-14/h4-5,10,15,28H,6-9,11-13H2,1-3H3,(H2,21,22)(H,23,26)/t15-,19-/m0/s1. The van der Waals surface area contributed by atoms with Crippen LogP contribution in [0.15, 0.2) is 18.3 Å². The number of hydrogen-bond donors (Lipinski definition) is 3. The second kappa shape index (κ2) is 8.25. The van der Waals surface area contributed by atoms with Crippen LogP contribution < -0.4 is 11.1 Å². The number of carbonyl (C=O) groups is 2. The number of aromatic nitrogens is 1. The van der Waals surface area contributed by atoms with Crippen LogP contribution in [0.5, 0.6) is 0 Å². The molecule has 29 heavy (non-hydrogen) atoms. The number of nitrogens with zero attached hydrogens (tertiary/aromatic N) is 3. The number of nitrogens with two attached hydrogens (primary N) is 1. The van der Waals surface area contributed by atoms with E-state index < -0.39 is 17.2 Å². The van der Waals surface area contributed by atoms with Gasteiger partial charge in [-0.25, -0.2) is 4.98 Å². The first-order valence-electron chi connectivity index (χ1n) is 9.91. The number of anilines is 1. The predicted molar refractivity (Wildman–Crippen MR) is 108 cm³/mol. The van der Waals surface area contributed by atoms with Crippen molar-refractivity contribution in [2.75, 3.05) is 46.1 Å². The Morgan fingerprint density at radius 3 is 2.62 bits per heavy atom. The number of hydrogen-bond acceptors (Lipinski definition) is 7. The normalized spacial score (nSPS) is 26.5. The summed E-state index contributed by atoms with van der Waals surface area (Å²) in [5, 5.41) is 13.9. The number of amides is 2. The highest BCUT2D eigenvalue weighted by Gasteiger charge is 2.49. The zero-order valence-corrected chi connectivity index (χ0v) is 17.4. The van der Waals surface area contributed by atoms with Gasteiger partial charge < -0.3 is 30.7 Å². The van der Waals surface area contributed by atoms with Gasteiger partial charge in [-0.05, 0) is 46.0 Å². The number of ether oxygens (including phenoxy) is 1. The zero-order chi connectivity index (χ0) is 21.2. The van der Waals surface area contributed by atoms with E-state index in [9.17, 15) is 14.7 Å². The fraction of sp³-hybridized carbons (Fsp3) is 0.650. The first-order chi connectivity index (χ1) is 13.6. The van der Waals surface area contributed by atoms with Crippen molar-refractivity contribution in [1.29, 1.82) is 0 Å². The maximum Gasteiger partial charge on any atom is 0.255 e.